The highest BCUT2D eigenvalue weighted by molar-refractivity contribution is 6.32. The quantitative estimate of drug-likeness (QED) is 0.772. The second-order valence-electron chi connectivity index (χ2n) is 2.33. The molecule has 0 aliphatic carbocycles. The van der Waals surface area contributed by atoms with Crippen molar-refractivity contribution in [2.45, 2.75) is 12.7 Å². The summed E-state index contributed by atoms with van der Waals surface area (Å²) in [5, 5.41) is -0.419. The Balaban J connectivity index is 3.24. The number of alkyl halides is 3. The van der Waals surface area contributed by atoms with E-state index in [1.54, 1.807) is 0 Å². The van der Waals surface area contributed by atoms with Crippen LogP contribution in [0.15, 0.2) is 12.3 Å². The Hall–Kier alpha value is -0.810. The average molecular weight is 211 g/mol. The Bertz CT molecular complexity index is 311. The van der Waals surface area contributed by atoms with Crippen LogP contribution in [0.2, 0.25) is 5.02 Å². The summed E-state index contributed by atoms with van der Waals surface area (Å²) in [5.74, 6) is 0. The van der Waals surface area contributed by atoms with Crippen molar-refractivity contribution in [1.82, 2.24) is 4.98 Å². The maximum absolute atomic E-state index is 12.2. The van der Waals surface area contributed by atoms with Gasteiger partial charge in [0.15, 0.2) is 5.69 Å². The third-order valence-electron chi connectivity index (χ3n) is 1.46. The van der Waals surface area contributed by atoms with Crippen LogP contribution in [0.3, 0.4) is 0 Å². The van der Waals surface area contributed by atoms with Gasteiger partial charge in [-0.2, -0.15) is 13.2 Å². The minimum Gasteiger partial charge on any atom is -0.326 e. The van der Waals surface area contributed by atoms with Crippen molar-refractivity contribution < 1.29 is 13.2 Å². The molecule has 0 radical (unpaired) electrons. The third kappa shape index (κ3) is 2.10. The van der Waals surface area contributed by atoms with Crippen molar-refractivity contribution in [1.29, 1.82) is 0 Å². The monoisotopic (exact) mass is 210 g/mol. The fourth-order valence-corrected chi connectivity index (χ4v) is 1.14. The van der Waals surface area contributed by atoms with Gasteiger partial charge in [-0.1, -0.05) is 11.6 Å². The average Bonchev–Trinajstić information content (AvgIpc) is 2.02. The molecule has 1 rings (SSSR count). The molecule has 0 aromatic carbocycles. The summed E-state index contributed by atoms with van der Waals surface area (Å²) in [4.78, 5) is 3.15. The molecule has 1 heterocycles. The Morgan fingerprint density at radius 2 is 2.08 bits per heavy atom. The number of rotatable bonds is 1. The standard InChI is InChI=1S/C7H6ClF3N2/c8-5-4(3-12)1-2-13-6(5)7(9,10)11/h1-2H,3,12H2. The Morgan fingerprint density at radius 3 is 2.54 bits per heavy atom. The highest BCUT2D eigenvalue weighted by Crippen LogP contribution is 2.34. The molecule has 6 heteroatoms. The summed E-state index contributed by atoms with van der Waals surface area (Å²) in [6, 6.07) is 1.36. The summed E-state index contributed by atoms with van der Waals surface area (Å²) in [7, 11) is 0. The molecule has 0 bridgehead atoms. The first-order valence-corrected chi connectivity index (χ1v) is 3.75. The summed E-state index contributed by atoms with van der Waals surface area (Å²) in [6.07, 6.45) is -3.49. The van der Waals surface area contributed by atoms with Gasteiger partial charge >= 0.3 is 6.18 Å². The third-order valence-corrected chi connectivity index (χ3v) is 1.88. The van der Waals surface area contributed by atoms with Gasteiger partial charge in [-0.15, -0.1) is 0 Å². The van der Waals surface area contributed by atoms with E-state index in [9.17, 15) is 13.2 Å². The van der Waals surface area contributed by atoms with Gasteiger partial charge in [-0.05, 0) is 11.6 Å². The lowest BCUT2D eigenvalue weighted by Crippen LogP contribution is -2.11. The van der Waals surface area contributed by atoms with Crippen LogP contribution < -0.4 is 5.73 Å². The maximum Gasteiger partial charge on any atom is 0.434 e. The topological polar surface area (TPSA) is 38.9 Å². The lowest BCUT2D eigenvalue weighted by Gasteiger charge is -2.09. The van der Waals surface area contributed by atoms with Crippen molar-refractivity contribution in [2.75, 3.05) is 0 Å². The molecule has 72 valence electrons. The number of halogens is 4. The van der Waals surface area contributed by atoms with Gasteiger partial charge in [0.1, 0.15) is 0 Å². The highest BCUT2D eigenvalue weighted by atomic mass is 35.5. The van der Waals surface area contributed by atoms with Crippen LogP contribution in [0.5, 0.6) is 0 Å². The molecule has 0 saturated carbocycles. The number of aromatic nitrogens is 1. The number of hydrogen-bond donors (Lipinski definition) is 1. The fourth-order valence-electron chi connectivity index (χ4n) is 0.839. The van der Waals surface area contributed by atoms with E-state index in [2.05, 4.69) is 4.98 Å². The van der Waals surface area contributed by atoms with E-state index in [1.807, 2.05) is 0 Å². The second kappa shape index (κ2) is 3.51. The zero-order valence-corrected chi connectivity index (χ0v) is 7.15. The predicted molar refractivity (Wildman–Crippen MR) is 42.1 cm³/mol. The molecule has 0 fully saturated rings. The van der Waals surface area contributed by atoms with E-state index in [-0.39, 0.29) is 12.1 Å². The van der Waals surface area contributed by atoms with E-state index in [0.717, 1.165) is 6.20 Å². The number of nitrogens with zero attached hydrogens (tertiary/aromatic N) is 1. The van der Waals surface area contributed by atoms with E-state index in [4.69, 9.17) is 17.3 Å². The lowest BCUT2D eigenvalue weighted by molar-refractivity contribution is -0.141. The maximum atomic E-state index is 12.2. The van der Waals surface area contributed by atoms with Crippen LogP contribution in [0, 0.1) is 0 Å². The summed E-state index contributed by atoms with van der Waals surface area (Å²) < 4.78 is 36.5. The van der Waals surface area contributed by atoms with Crippen molar-refractivity contribution in [3.05, 3.63) is 28.5 Å². The normalized spacial score (nSPS) is 11.8. The molecule has 13 heavy (non-hydrogen) atoms. The second-order valence-corrected chi connectivity index (χ2v) is 2.71. The molecule has 1 aromatic heterocycles. The number of hydrogen-bond acceptors (Lipinski definition) is 2. The zero-order chi connectivity index (χ0) is 10.1. The molecule has 0 amide bonds. The molecule has 0 aliphatic heterocycles. The van der Waals surface area contributed by atoms with E-state index in [0.29, 0.717) is 0 Å². The summed E-state index contributed by atoms with van der Waals surface area (Å²) in [6.45, 7) is -0.0373. The first-order chi connectivity index (χ1) is 5.96. The van der Waals surface area contributed by atoms with Crippen molar-refractivity contribution in [2.24, 2.45) is 5.73 Å². The number of pyridine rings is 1. The van der Waals surface area contributed by atoms with Crippen LogP contribution in [0.4, 0.5) is 13.2 Å². The van der Waals surface area contributed by atoms with E-state index < -0.39 is 16.9 Å². The zero-order valence-electron chi connectivity index (χ0n) is 6.40. The van der Waals surface area contributed by atoms with Crippen molar-refractivity contribution in [3.8, 4) is 0 Å². The van der Waals surface area contributed by atoms with Gasteiger partial charge < -0.3 is 5.73 Å². The molecule has 2 nitrogen and oxygen atoms in total. The van der Waals surface area contributed by atoms with Gasteiger partial charge in [0, 0.05) is 12.7 Å². The SMILES string of the molecule is NCc1ccnc(C(F)(F)F)c1Cl. The van der Waals surface area contributed by atoms with Gasteiger partial charge in [0.25, 0.3) is 0 Å². The van der Waals surface area contributed by atoms with Crippen LogP contribution in [0.25, 0.3) is 0 Å². The largest absolute Gasteiger partial charge is 0.434 e. The van der Waals surface area contributed by atoms with Gasteiger partial charge in [0.2, 0.25) is 0 Å². The molecule has 2 N–H and O–H groups in total. The van der Waals surface area contributed by atoms with Crippen molar-refractivity contribution in [3.63, 3.8) is 0 Å². The van der Waals surface area contributed by atoms with Gasteiger partial charge in [0.05, 0.1) is 5.02 Å². The molecule has 1 aromatic rings. The smallest absolute Gasteiger partial charge is 0.326 e. The highest BCUT2D eigenvalue weighted by Gasteiger charge is 2.35. The van der Waals surface area contributed by atoms with Crippen molar-refractivity contribution >= 4 is 11.6 Å². The van der Waals surface area contributed by atoms with Crippen LogP contribution in [-0.2, 0) is 12.7 Å². The first kappa shape index (κ1) is 10.3. The first-order valence-electron chi connectivity index (χ1n) is 3.37. The molecule has 0 spiro atoms. The van der Waals surface area contributed by atoms with Gasteiger partial charge in [-0.25, -0.2) is 0 Å². The lowest BCUT2D eigenvalue weighted by atomic mass is 10.2. The summed E-state index contributed by atoms with van der Waals surface area (Å²) >= 11 is 5.43. The molecule has 0 atom stereocenters. The van der Waals surface area contributed by atoms with E-state index in [1.165, 1.54) is 6.07 Å². The minimum atomic E-state index is -4.53. The minimum absolute atomic E-state index is 0.0373. The molecule has 0 saturated heterocycles. The fraction of sp³-hybridized carbons (Fsp3) is 0.286. The molecular formula is C7H6ClF3N2. The predicted octanol–water partition coefficient (Wildman–Crippen LogP) is 2.21. The number of nitrogens with two attached hydrogens (primary N) is 1. The van der Waals surface area contributed by atoms with Gasteiger partial charge in [-0.3, -0.25) is 4.98 Å². The van der Waals surface area contributed by atoms with Crippen LogP contribution in [-0.4, -0.2) is 4.98 Å². The molecular weight excluding hydrogens is 205 g/mol. The Morgan fingerprint density at radius 1 is 1.46 bits per heavy atom. The molecule has 0 unspecified atom stereocenters. The van der Waals surface area contributed by atoms with Crippen LogP contribution >= 0.6 is 11.6 Å². The summed E-state index contributed by atoms with van der Waals surface area (Å²) in [5.41, 5.74) is 4.34. The molecule has 0 aliphatic rings. The van der Waals surface area contributed by atoms with Crippen LogP contribution in [0.1, 0.15) is 11.3 Å². The van der Waals surface area contributed by atoms with E-state index >= 15 is 0 Å². The Kier molecular flexibility index (Phi) is 2.77. The Labute approximate surface area is 77.5 Å².